The van der Waals surface area contributed by atoms with Crippen LogP contribution in [0, 0.1) is 39.4 Å². The van der Waals surface area contributed by atoms with Crippen molar-refractivity contribution in [2.45, 2.75) is 19.0 Å². The largest absolute Gasteiger partial charge is 0.391 e. The standard InChI is InChI=1S/C12H13F3N4O2/c1-21-5-4-19(3-2-16)10(20)6-11(8-17,9-18)7-12(13,14)15/h3-7H2,1H3. The fourth-order valence-corrected chi connectivity index (χ4v) is 1.54. The molecule has 0 saturated heterocycles. The van der Waals surface area contributed by atoms with E-state index >= 15 is 0 Å². The smallest absolute Gasteiger partial charge is 0.383 e. The quantitative estimate of drug-likeness (QED) is 0.661. The molecule has 0 aromatic heterocycles. The average Bonchev–Trinajstić information content (AvgIpc) is 2.40. The van der Waals surface area contributed by atoms with Crippen LogP contribution >= 0.6 is 0 Å². The van der Waals surface area contributed by atoms with Crippen molar-refractivity contribution in [3.63, 3.8) is 0 Å². The molecule has 114 valence electrons. The number of amides is 1. The minimum Gasteiger partial charge on any atom is -0.383 e. The molecule has 0 radical (unpaired) electrons. The van der Waals surface area contributed by atoms with Crippen molar-refractivity contribution >= 4 is 5.91 Å². The van der Waals surface area contributed by atoms with Crippen LogP contribution in [-0.4, -0.2) is 43.8 Å². The van der Waals surface area contributed by atoms with Crippen LogP contribution in [0.15, 0.2) is 0 Å². The van der Waals surface area contributed by atoms with Gasteiger partial charge in [0.15, 0.2) is 5.41 Å². The first-order valence-electron chi connectivity index (χ1n) is 5.76. The summed E-state index contributed by atoms with van der Waals surface area (Å²) in [6, 6.07) is 4.22. The molecule has 0 aliphatic heterocycles. The molecule has 1 amide bonds. The number of carbonyl (C=O) groups excluding carboxylic acids is 1. The predicted molar refractivity (Wildman–Crippen MR) is 63.0 cm³/mol. The maximum atomic E-state index is 12.4. The van der Waals surface area contributed by atoms with Crippen LogP contribution in [0.25, 0.3) is 0 Å². The summed E-state index contributed by atoms with van der Waals surface area (Å²) in [4.78, 5) is 12.9. The van der Waals surface area contributed by atoms with E-state index in [-0.39, 0.29) is 19.7 Å². The molecule has 6 nitrogen and oxygen atoms in total. The second-order valence-electron chi connectivity index (χ2n) is 4.24. The number of halogens is 3. The van der Waals surface area contributed by atoms with E-state index in [1.54, 1.807) is 6.07 Å². The van der Waals surface area contributed by atoms with Crippen LogP contribution < -0.4 is 0 Å². The van der Waals surface area contributed by atoms with Gasteiger partial charge in [0.25, 0.3) is 0 Å². The maximum Gasteiger partial charge on any atom is 0.391 e. The van der Waals surface area contributed by atoms with Crippen molar-refractivity contribution < 1.29 is 22.7 Å². The fraction of sp³-hybridized carbons (Fsp3) is 0.667. The number of nitrogens with zero attached hydrogens (tertiary/aromatic N) is 4. The Morgan fingerprint density at radius 1 is 1.24 bits per heavy atom. The lowest BCUT2D eigenvalue weighted by Gasteiger charge is -2.24. The number of hydrogen-bond donors (Lipinski definition) is 0. The lowest BCUT2D eigenvalue weighted by Crippen LogP contribution is -2.38. The summed E-state index contributed by atoms with van der Waals surface area (Å²) in [5, 5.41) is 26.3. The summed E-state index contributed by atoms with van der Waals surface area (Å²) in [6.07, 6.45) is -7.38. The minimum atomic E-state index is -4.75. The summed E-state index contributed by atoms with van der Waals surface area (Å²) < 4.78 is 42.0. The van der Waals surface area contributed by atoms with Gasteiger partial charge in [-0.3, -0.25) is 4.79 Å². The lowest BCUT2D eigenvalue weighted by molar-refractivity contribution is -0.151. The third-order valence-electron chi connectivity index (χ3n) is 2.56. The van der Waals surface area contributed by atoms with E-state index in [1.165, 1.54) is 19.2 Å². The summed E-state index contributed by atoms with van der Waals surface area (Å²) in [5.41, 5.74) is -2.49. The summed E-state index contributed by atoms with van der Waals surface area (Å²) in [5.74, 6) is -0.874. The Bertz CT molecular complexity index is 471. The van der Waals surface area contributed by atoms with Gasteiger partial charge in [0.2, 0.25) is 5.91 Å². The third kappa shape index (κ3) is 6.60. The van der Waals surface area contributed by atoms with Gasteiger partial charge in [0, 0.05) is 13.7 Å². The summed E-state index contributed by atoms with van der Waals surface area (Å²) in [7, 11) is 1.35. The zero-order valence-corrected chi connectivity index (χ0v) is 11.3. The van der Waals surface area contributed by atoms with Crippen LogP contribution in [0.4, 0.5) is 13.2 Å². The van der Waals surface area contributed by atoms with Crippen LogP contribution in [0.2, 0.25) is 0 Å². The Kier molecular flexibility index (Phi) is 7.19. The van der Waals surface area contributed by atoms with Gasteiger partial charge in [-0.05, 0) is 0 Å². The molecule has 0 spiro atoms. The Balaban J connectivity index is 5.08. The number of alkyl halides is 3. The fourth-order valence-electron chi connectivity index (χ4n) is 1.54. The highest BCUT2D eigenvalue weighted by molar-refractivity contribution is 5.78. The van der Waals surface area contributed by atoms with Crippen LogP contribution in [-0.2, 0) is 9.53 Å². The molecule has 0 aliphatic carbocycles. The number of methoxy groups -OCH3 is 1. The molecule has 9 heteroatoms. The van der Waals surface area contributed by atoms with E-state index in [0.29, 0.717) is 0 Å². The maximum absolute atomic E-state index is 12.4. The van der Waals surface area contributed by atoms with Gasteiger partial charge in [-0.15, -0.1) is 0 Å². The summed E-state index contributed by atoms with van der Waals surface area (Å²) in [6.45, 7) is -0.290. The Morgan fingerprint density at radius 3 is 2.19 bits per heavy atom. The normalized spacial score (nSPS) is 11.1. The monoisotopic (exact) mass is 302 g/mol. The predicted octanol–water partition coefficient (Wildman–Crippen LogP) is 1.36. The van der Waals surface area contributed by atoms with Gasteiger partial charge < -0.3 is 9.64 Å². The third-order valence-corrected chi connectivity index (χ3v) is 2.56. The minimum absolute atomic E-state index is 0.0121. The van der Waals surface area contributed by atoms with Gasteiger partial charge in [0.05, 0.1) is 37.7 Å². The first kappa shape index (κ1) is 18.7. The molecule has 0 bridgehead atoms. The number of hydrogen-bond acceptors (Lipinski definition) is 5. The van der Waals surface area contributed by atoms with Gasteiger partial charge >= 0.3 is 6.18 Å². The molecule has 0 aliphatic rings. The molecule has 0 aromatic rings. The summed E-state index contributed by atoms with van der Waals surface area (Å²) >= 11 is 0. The van der Waals surface area contributed by atoms with Crippen LogP contribution in [0.1, 0.15) is 12.8 Å². The molecular weight excluding hydrogens is 289 g/mol. The van der Waals surface area contributed by atoms with Gasteiger partial charge in [-0.1, -0.05) is 0 Å². The number of rotatable bonds is 7. The molecule has 0 N–H and O–H groups in total. The van der Waals surface area contributed by atoms with Gasteiger partial charge in [0.1, 0.15) is 6.54 Å². The zero-order valence-electron chi connectivity index (χ0n) is 11.3. The van der Waals surface area contributed by atoms with Gasteiger partial charge in [-0.25, -0.2) is 0 Å². The number of carbonyl (C=O) groups is 1. The SMILES string of the molecule is COCCN(CC#N)C(=O)CC(C#N)(C#N)CC(F)(F)F. The van der Waals surface area contributed by atoms with Crippen molar-refractivity contribution in [3.05, 3.63) is 0 Å². The average molecular weight is 302 g/mol. The second kappa shape index (κ2) is 8.08. The first-order valence-corrected chi connectivity index (χ1v) is 5.76. The highest BCUT2D eigenvalue weighted by Gasteiger charge is 2.45. The molecular formula is C12H13F3N4O2. The lowest BCUT2D eigenvalue weighted by atomic mass is 9.83. The number of ether oxygens (including phenoxy) is 1. The van der Waals surface area contributed by atoms with Crippen molar-refractivity contribution in [1.82, 2.24) is 4.90 Å². The highest BCUT2D eigenvalue weighted by atomic mass is 19.4. The molecule has 0 heterocycles. The van der Waals surface area contributed by atoms with E-state index in [4.69, 9.17) is 20.5 Å². The Hall–Kier alpha value is -2.31. The van der Waals surface area contributed by atoms with Crippen LogP contribution in [0.3, 0.4) is 0 Å². The zero-order chi connectivity index (χ0) is 16.5. The van der Waals surface area contributed by atoms with E-state index in [0.717, 1.165) is 4.90 Å². The topological polar surface area (TPSA) is 101 Å². The van der Waals surface area contributed by atoms with Crippen molar-refractivity contribution in [3.8, 4) is 18.2 Å². The second-order valence-corrected chi connectivity index (χ2v) is 4.24. The molecule has 0 atom stereocenters. The van der Waals surface area contributed by atoms with Crippen molar-refractivity contribution in [2.75, 3.05) is 26.8 Å². The highest BCUT2D eigenvalue weighted by Crippen LogP contribution is 2.35. The van der Waals surface area contributed by atoms with E-state index in [9.17, 15) is 18.0 Å². The molecule has 0 rings (SSSR count). The van der Waals surface area contributed by atoms with E-state index in [1.807, 2.05) is 0 Å². The van der Waals surface area contributed by atoms with Gasteiger partial charge in [-0.2, -0.15) is 29.0 Å². The molecule has 0 unspecified atom stereocenters. The molecule has 0 fully saturated rings. The molecule has 0 aromatic carbocycles. The first-order chi connectivity index (χ1) is 9.73. The van der Waals surface area contributed by atoms with Crippen molar-refractivity contribution in [1.29, 1.82) is 15.8 Å². The number of nitriles is 3. The molecule has 0 saturated carbocycles. The van der Waals surface area contributed by atoms with E-state index < -0.39 is 30.3 Å². The Morgan fingerprint density at radius 2 is 1.81 bits per heavy atom. The molecule has 21 heavy (non-hydrogen) atoms. The van der Waals surface area contributed by atoms with E-state index in [2.05, 4.69) is 0 Å². The van der Waals surface area contributed by atoms with Crippen LogP contribution in [0.5, 0.6) is 0 Å². The Labute approximate surface area is 119 Å². The van der Waals surface area contributed by atoms with Crippen molar-refractivity contribution in [2.24, 2.45) is 5.41 Å².